The van der Waals surface area contributed by atoms with E-state index in [9.17, 15) is 4.79 Å². The van der Waals surface area contributed by atoms with Gasteiger partial charge in [-0.2, -0.15) is 0 Å². The lowest BCUT2D eigenvalue weighted by molar-refractivity contribution is -0.116. The molecule has 0 N–H and O–H groups in total. The molecule has 1 aliphatic heterocycles. The zero-order valence-electron chi connectivity index (χ0n) is 17.9. The van der Waals surface area contributed by atoms with Gasteiger partial charge < -0.3 is 19.1 Å². The summed E-state index contributed by atoms with van der Waals surface area (Å²) in [6.45, 7) is 11.9. The van der Waals surface area contributed by atoms with Gasteiger partial charge in [0.05, 0.1) is 6.54 Å². The van der Waals surface area contributed by atoms with Crippen molar-refractivity contribution < 1.29 is 19.0 Å². The van der Waals surface area contributed by atoms with Gasteiger partial charge in [-0.15, -0.1) is 11.6 Å². The number of carbonyl (C=O) groups is 1. The van der Waals surface area contributed by atoms with Crippen molar-refractivity contribution in [1.29, 1.82) is 0 Å². The van der Waals surface area contributed by atoms with E-state index in [1.54, 1.807) is 23.1 Å². The van der Waals surface area contributed by atoms with Gasteiger partial charge in [0.2, 0.25) is 5.91 Å². The average molecular weight is 432 g/mol. The third kappa shape index (κ3) is 6.99. The number of nitrogens with zero attached hydrogens (tertiary/aromatic N) is 1. The van der Waals surface area contributed by atoms with Crippen LogP contribution in [0.3, 0.4) is 0 Å². The largest absolute Gasteiger partial charge is 0.489 e. The number of amides is 1. The SMILES string of the molecule is C=CCOc1ccccc1CN(C(=O)CCl)c1ccc2c(c1)OCCO2.CC(C)C. The van der Waals surface area contributed by atoms with Crippen LogP contribution in [0.15, 0.2) is 55.1 Å². The molecule has 162 valence electrons. The van der Waals surface area contributed by atoms with Crippen LogP contribution >= 0.6 is 11.6 Å². The minimum Gasteiger partial charge on any atom is -0.489 e. The maximum atomic E-state index is 12.5. The van der Waals surface area contributed by atoms with Gasteiger partial charge >= 0.3 is 0 Å². The van der Waals surface area contributed by atoms with Gasteiger partial charge in [-0.25, -0.2) is 0 Å². The molecule has 0 saturated carbocycles. The predicted molar refractivity (Wildman–Crippen MR) is 122 cm³/mol. The van der Waals surface area contributed by atoms with Crippen LogP contribution in [0.5, 0.6) is 17.2 Å². The van der Waals surface area contributed by atoms with E-state index >= 15 is 0 Å². The molecule has 30 heavy (non-hydrogen) atoms. The molecule has 5 nitrogen and oxygen atoms in total. The van der Waals surface area contributed by atoms with Gasteiger partial charge in [-0.05, 0) is 24.1 Å². The number of halogens is 1. The number of hydrogen-bond acceptors (Lipinski definition) is 4. The van der Waals surface area contributed by atoms with Gasteiger partial charge in [0.25, 0.3) is 0 Å². The fourth-order valence-electron chi connectivity index (χ4n) is 2.69. The second kappa shape index (κ2) is 12.1. The summed E-state index contributed by atoms with van der Waals surface area (Å²) in [5.41, 5.74) is 1.57. The van der Waals surface area contributed by atoms with E-state index in [-0.39, 0.29) is 11.8 Å². The number of fused-ring (bicyclic) bond motifs is 1. The number of anilines is 1. The van der Waals surface area contributed by atoms with Gasteiger partial charge in [0, 0.05) is 17.3 Å². The van der Waals surface area contributed by atoms with Crippen molar-refractivity contribution in [2.75, 3.05) is 30.6 Å². The van der Waals surface area contributed by atoms with Crippen LogP contribution in [0, 0.1) is 5.92 Å². The molecule has 0 fully saturated rings. The second-order valence-corrected chi connectivity index (χ2v) is 7.65. The lowest BCUT2D eigenvalue weighted by atomic mass is 10.1. The first-order valence-electron chi connectivity index (χ1n) is 10.0. The van der Waals surface area contributed by atoms with E-state index < -0.39 is 0 Å². The fourth-order valence-corrected chi connectivity index (χ4v) is 2.83. The molecule has 1 heterocycles. The molecular formula is C24H30ClNO4. The van der Waals surface area contributed by atoms with Crippen molar-refractivity contribution in [3.63, 3.8) is 0 Å². The van der Waals surface area contributed by atoms with Crippen LogP contribution in [0.4, 0.5) is 5.69 Å². The minimum absolute atomic E-state index is 0.121. The minimum atomic E-state index is -0.207. The van der Waals surface area contributed by atoms with Crippen LogP contribution in [-0.4, -0.2) is 31.6 Å². The van der Waals surface area contributed by atoms with E-state index in [4.69, 9.17) is 25.8 Å². The molecule has 0 aromatic heterocycles. The molecule has 0 aliphatic carbocycles. The molecule has 2 aromatic carbocycles. The van der Waals surface area contributed by atoms with Gasteiger partial charge in [-0.3, -0.25) is 4.79 Å². The molecule has 0 unspecified atom stereocenters. The smallest absolute Gasteiger partial charge is 0.242 e. The molecule has 3 rings (SSSR count). The molecular weight excluding hydrogens is 402 g/mol. The topological polar surface area (TPSA) is 48.0 Å². The Bertz CT molecular complexity index is 835. The monoisotopic (exact) mass is 431 g/mol. The number of rotatable bonds is 7. The highest BCUT2D eigenvalue weighted by atomic mass is 35.5. The summed E-state index contributed by atoms with van der Waals surface area (Å²) < 4.78 is 16.9. The molecule has 1 amide bonds. The number of benzene rings is 2. The van der Waals surface area contributed by atoms with Crippen molar-refractivity contribution in [2.45, 2.75) is 27.3 Å². The number of hydrogen-bond donors (Lipinski definition) is 0. The Morgan fingerprint density at radius 3 is 2.50 bits per heavy atom. The standard InChI is InChI=1S/C20H20ClNO4.C4H10/c1-2-9-24-17-6-4-3-5-15(17)14-22(20(23)13-21)16-7-8-18-19(12-16)26-11-10-25-18;1-4(2)3/h2-8,12H,1,9-11,13-14H2;4H,1-3H3. The predicted octanol–water partition coefficient (Wildman–Crippen LogP) is 5.46. The zero-order chi connectivity index (χ0) is 21.9. The third-order valence-corrected chi connectivity index (χ3v) is 4.14. The van der Waals surface area contributed by atoms with Crippen LogP contribution in [0.2, 0.25) is 0 Å². The number of ether oxygens (including phenoxy) is 3. The average Bonchev–Trinajstić information content (AvgIpc) is 2.75. The second-order valence-electron chi connectivity index (χ2n) is 7.38. The zero-order valence-corrected chi connectivity index (χ0v) is 18.7. The Morgan fingerprint density at radius 1 is 1.17 bits per heavy atom. The molecule has 0 saturated heterocycles. The Kier molecular flexibility index (Phi) is 9.55. The van der Waals surface area contributed by atoms with Crippen molar-refractivity contribution in [3.8, 4) is 17.2 Å². The quantitative estimate of drug-likeness (QED) is 0.431. The molecule has 2 aromatic rings. The Hall–Kier alpha value is -2.66. The first kappa shape index (κ1) is 23.6. The normalized spacial score (nSPS) is 11.9. The summed E-state index contributed by atoms with van der Waals surface area (Å²) in [6.07, 6.45) is 1.68. The van der Waals surface area contributed by atoms with Crippen molar-refractivity contribution in [3.05, 3.63) is 60.7 Å². The highest BCUT2D eigenvalue weighted by Crippen LogP contribution is 2.35. The highest BCUT2D eigenvalue weighted by Gasteiger charge is 2.20. The lowest BCUT2D eigenvalue weighted by Gasteiger charge is -2.25. The molecule has 0 atom stereocenters. The van der Waals surface area contributed by atoms with E-state index in [1.807, 2.05) is 30.3 Å². The van der Waals surface area contributed by atoms with Gasteiger partial charge in [-0.1, -0.05) is 51.6 Å². The van der Waals surface area contributed by atoms with Crippen LogP contribution < -0.4 is 19.1 Å². The van der Waals surface area contributed by atoms with Crippen LogP contribution in [0.1, 0.15) is 26.3 Å². The summed E-state index contributed by atoms with van der Waals surface area (Å²) in [5.74, 6) is 2.51. The third-order valence-electron chi connectivity index (χ3n) is 3.91. The van der Waals surface area contributed by atoms with Crippen LogP contribution in [0.25, 0.3) is 0 Å². The molecule has 6 heteroatoms. The lowest BCUT2D eigenvalue weighted by Crippen LogP contribution is -2.31. The van der Waals surface area contributed by atoms with Crippen molar-refractivity contribution in [1.82, 2.24) is 0 Å². The molecule has 1 aliphatic rings. The van der Waals surface area contributed by atoms with Gasteiger partial charge in [0.15, 0.2) is 11.5 Å². The maximum absolute atomic E-state index is 12.5. The summed E-state index contributed by atoms with van der Waals surface area (Å²) in [4.78, 5) is 14.1. The van der Waals surface area contributed by atoms with E-state index in [0.29, 0.717) is 49.3 Å². The van der Waals surface area contributed by atoms with Crippen LogP contribution in [-0.2, 0) is 11.3 Å². The Morgan fingerprint density at radius 2 is 1.83 bits per heavy atom. The summed E-state index contributed by atoms with van der Waals surface area (Å²) >= 11 is 5.84. The van der Waals surface area contributed by atoms with E-state index in [0.717, 1.165) is 11.5 Å². The summed E-state index contributed by atoms with van der Waals surface area (Å²) in [6, 6.07) is 13.0. The number of para-hydroxylation sites is 1. The number of alkyl halides is 1. The van der Waals surface area contributed by atoms with Crippen molar-refractivity contribution >= 4 is 23.2 Å². The first-order chi connectivity index (χ1) is 14.5. The molecule has 0 radical (unpaired) electrons. The first-order valence-corrected chi connectivity index (χ1v) is 10.6. The van der Waals surface area contributed by atoms with E-state index in [2.05, 4.69) is 27.4 Å². The summed E-state index contributed by atoms with van der Waals surface area (Å²) in [7, 11) is 0. The summed E-state index contributed by atoms with van der Waals surface area (Å²) in [5, 5.41) is 0. The Labute approximate surface area is 184 Å². The van der Waals surface area contributed by atoms with Gasteiger partial charge in [0.1, 0.15) is 31.5 Å². The van der Waals surface area contributed by atoms with Crippen molar-refractivity contribution in [2.24, 2.45) is 5.92 Å². The fraction of sp³-hybridized carbons (Fsp3) is 0.375. The Balaban J connectivity index is 0.000000735. The highest BCUT2D eigenvalue weighted by molar-refractivity contribution is 6.29. The molecule has 0 bridgehead atoms. The number of carbonyl (C=O) groups excluding carboxylic acids is 1. The maximum Gasteiger partial charge on any atom is 0.242 e. The molecule has 0 spiro atoms. The van der Waals surface area contributed by atoms with E-state index in [1.165, 1.54) is 0 Å².